The number of halogens is 5. The number of likely N-dealkylation sites (tertiary alicyclic amines) is 1. The molecule has 3 heterocycles. The van der Waals surface area contributed by atoms with Crippen LogP contribution in [0.2, 0.25) is 0 Å². The lowest BCUT2D eigenvalue weighted by Gasteiger charge is -2.24. The Balaban J connectivity index is 1.49. The SMILES string of the molecule is Cc1cc(C)nc(N2C[C@H]3CN(C(=O)c4c(F)cccc4OC(F)(F)C(F)F)C[C@H]3C2)n1. The van der Waals surface area contributed by atoms with E-state index in [1.807, 2.05) is 24.8 Å². The van der Waals surface area contributed by atoms with Gasteiger partial charge in [-0.05, 0) is 32.0 Å². The summed E-state index contributed by atoms with van der Waals surface area (Å²) in [7, 11) is 0. The fourth-order valence-corrected chi connectivity index (χ4v) is 4.32. The molecular weight excluding hydrogens is 435 g/mol. The van der Waals surface area contributed by atoms with Gasteiger partial charge in [0.15, 0.2) is 0 Å². The summed E-state index contributed by atoms with van der Waals surface area (Å²) in [5.41, 5.74) is 0.908. The van der Waals surface area contributed by atoms with Crippen molar-refractivity contribution in [3.63, 3.8) is 0 Å². The number of hydrogen-bond acceptors (Lipinski definition) is 5. The van der Waals surface area contributed by atoms with Gasteiger partial charge in [0, 0.05) is 49.4 Å². The summed E-state index contributed by atoms with van der Waals surface area (Å²) in [6.07, 6.45) is -8.98. The Labute approximate surface area is 181 Å². The number of anilines is 1. The van der Waals surface area contributed by atoms with Gasteiger partial charge in [-0.2, -0.15) is 17.6 Å². The molecule has 0 aliphatic carbocycles. The van der Waals surface area contributed by atoms with E-state index in [4.69, 9.17) is 0 Å². The molecule has 2 aliphatic rings. The second-order valence-electron chi connectivity index (χ2n) is 8.16. The fraction of sp³-hybridized carbons (Fsp3) is 0.476. The largest absolute Gasteiger partial charge is 0.461 e. The summed E-state index contributed by atoms with van der Waals surface area (Å²) in [6, 6.07) is 4.66. The van der Waals surface area contributed by atoms with Crippen molar-refractivity contribution in [2.45, 2.75) is 26.4 Å². The van der Waals surface area contributed by atoms with Crippen LogP contribution >= 0.6 is 0 Å². The number of benzene rings is 1. The van der Waals surface area contributed by atoms with E-state index in [1.54, 1.807) is 0 Å². The van der Waals surface area contributed by atoms with E-state index in [2.05, 4.69) is 14.7 Å². The van der Waals surface area contributed by atoms with Gasteiger partial charge in [0.25, 0.3) is 5.91 Å². The minimum absolute atomic E-state index is 0.0574. The molecule has 2 aromatic rings. The molecule has 2 saturated heterocycles. The Morgan fingerprint density at radius 3 is 2.25 bits per heavy atom. The predicted octanol–water partition coefficient (Wildman–Crippen LogP) is 3.68. The lowest BCUT2D eigenvalue weighted by Crippen LogP contribution is -2.36. The molecule has 1 amide bonds. The standard InChI is InChI=1S/C21H21F5N4O2/c1-11-6-12(2)28-20(27-11)30-9-13-7-29(8-14(13)10-30)18(31)17-15(22)4-3-5-16(17)32-21(25,26)19(23)24/h3-6,13-14,19H,7-10H2,1-2H3/t13-,14+. The van der Waals surface area contributed by atoms with Crippen LogP contribution < -0.4 is 9.64 Å². The van der Waals surface area contributed by atoms with E-state index in [0.717, 1.165) is 29.6 Å². The Bertz CT molecular complexity index is 1000. The minimum atomic E-state index is -4.85. The van der Waals surface area contributed by atoms with Crippen LogP contribution in [-0.2, 0) is 0 Å². The number of ether oxygens (including phenoxy) is 1. The topological polar surface area (TPSA) is 58.6 Å². The number of rotatable bonds is 5. The number of carbonyl (C=O) groups is 1. The van der Waals surface area contributed by atoms with Crippen LogP contribution in [0.5, 0.6) is 5.75 Å². The molecule has 0 radical (unpaired) electrons. The van der Waals surface area contributed by atoms with E-state index in [-0.39, 0.29) is 24.9 Å². The molecule has 4 rings (SSSR count). The number of aryl methyl sites for hydroxylation is 2. The number of alkyl halides is 4. The van der Waals surface area contributed by atoms with Crippen LogP contribution in [0.1, 0.15) is 21.7 Å². The monoisotopic (exact) mass is 456 g/mol. The Kier molecular flexibility index (Phi) is 5.68. The number of fused-ring (bicyclic) bond motifs is 1. The molecule has 1 aromatic carbocycles. The van der Waals surface area contributed by atoms with E-state index < -0.39 is 35.6 Å². The molecule has 0 saturated carbocycles. The maximum Gasteiger partial charge on any atom is 0.461 e. The second kappa shape index (κ2) is 8.18. The zero-order valence-corrected chi connectivity index (χ0v) is 17.4. The van der Waals surface area contributed by atoms with E-state index >= 15 is 0 Å². The zero-order valence-electron chi connectivity index (χ0n) is 17.4. The van der Waals surface area contributed by atoms with Crippen molar-refractivity contribution in [2.75, 3.05) is 31.1 Å². The van der Waals surface area contributed by atoms with Crippen LogP contribution in [0, 0.1) is 31.5 Å². The van der Waals surface area contributed by atoms with Crippen molar-refractivity contribution in [1.82, 2.24) is 14.9 Å². The number of carbonyl (C=O) groups excluding carboxylic acids is 1. The molecule has 2 aliphatic heterocycles. The third-order valence-corrected chi connectivity index (χ3v) is 5.72. The van der Waals surface area contributed by atoms with Crippen LogP contribution in [0.4, 0.5) is 27.9 Å². The van der Waals surface area contributed by atoms with Gasteiger partial charge in [-0.25, -0.2) is 14.4 Å². The maximum atomic E-state index is 14.4. The average molecular weight is 456 g/mol. The van der Waals surface area contributed by atoms with Crippen LogP contribution in [0.15, 0.2) is 24.3 Å². The molecular formula is C21H21F5N4O2. The second-order valence-corrected chi connectivity index (χ2v) is 8.16. The fourth-order valence-electron chi connectivity index (χ4n) is 4.32. The van der Waals surface area contributed by atoms with Gasteiger partial charge in [0.05, 0.1) is 0 Å². The third-order valence-electron chi connectivity index (χ3n) is 5.72. The van der Waals surface area contributed by atoms with Crippen molar-refractivity contribution < 1.29 is 31.5 Å². The van der Waals surface area contributed by atoms with Crippen molar-refractivity contribution in [3.05, 3.63) is 47.0 Å². The summed E-state index contributed by atoms with van der Waals surface area (Å²) in [6.45, 7) is 5.46. The molecule has 6 nitrogen and oxygen atoms in total. The highest BCUT2D eigenvalue weighted by molar-refractivity contribution is 5.97. The zero-order chi connectivity index (χ0) is 23.2. The first-order valence-electron chi connectivity index (χ1n) is 10.0. The molecule has 0 N–H and O–H groups in total. The normalized spacial score (nSPS) is 20.8. The maximum absolute atomic E-state index is 14.4. The summed E-state index contributed by atoms with van der Waals surface area (Å²) < 4.78 is 70.3. The molecule has 0 spiro atoms. The molecule has 0 bridgehead atoms. The van der Waals surface area contributed by atoms with E-state index in [9.17, 15) is 26.7 Å². The average Bonchev–Trinajstić information content (AvgIpc) is 3.26. The van der Waals surface area contributed by atoms with Gasteiger partial charge in [0.2, 0.25) is 5.95 Å². The molecule has 172 valence electrons. The van der Waals surface area contributed by atoms with Crippen molar-refractivity contribution in [2.24, 2.45) is 11.8 Å². The number of hydrogen-bond donors (Lipinski definition) is 0. The van der Waals surface area contributed by atoms with Gasteiger partial charge in [-0.3, -0.25) is 4.79 Å². The Morgan fingerprint density at radius 2 is 1.69 bits per heavy atom. The van der Waals surface area contributed by atoms with Gasteiger partial charge in [-0.15, -0.1) is 0 Å². The Morgan fingerprint density at radius 1 is 1.09 bits per heavy atom. The first-order valence-corrected chi connectivity index (χ1v) is 10.0. The summed E-state index contributed by atoms with van der Waals surface area (Å²) in [5, 5.41) is 0. The highest BCUT2D eigenvalue weighted by atomic mass is 19.3. The quantitative estimate of drug-likeness (QED) is 0.643. The van der Waals surface area contributed by atoms with Gasteiger partial charge in [-0.1, -0.05) is 6.07 Å². The Hall–Kier alpha value is -2.98. The summed E-state index contributed by atoms with van der Waals surface area (Å²) >= 11 is 0. The molecule has 1 aromatic heterocycles. The number of nitrogens with zero attached hydrogens (tertiary/aromatic N) is 4. The molecule has 32 heavy (non-hydrogen) atoms. The van der Waals surface area contributed by atoms with Crippen molar-refractivity contribution in [3.8, 4) is 5.75 Å². The lowest BCUT2D eigenvalue weighted by molar-refractivity contribution is -0.253. The van der Waals surface area contributed by atoms with Crippen molar-refractivity contribution in [1.29, 1.82) is 0 Å². The third kappa shape index (κ3) is 4.20. The molecule has 0 unspecified atom stereocenters. The minimum Gasteiger partial charge on any atom is -0.427 e. The number of aromatic nitrogens is 2. The molecule has 2 atom stereocenters. The lowest BCUT2D eigenvalue weighted by atomic mass is 10.0. The van der Waals surface area contributed by atoms with Crippen LogP contribution in [-0.4, -0.2) is 59.5 Å². The van der Waals surface area contributed by atoms with Gasteiger partial charge in [0.1, 0.15) is 17.1 Å². The van der Waals surface area contributed by atoms with Crippen LogP contribution in [0.3, 0.4) is 0 Å². The molecule has 2 fully saturated rings. The summed E-state index contributed by atoms with van der Waals surface area (Å²) in [5.74, 6) is -2.17. The van der Waals surface area contributed by atoms with Crippen molar-refractivity contribution >= 4 is 11.9 Å². The van der Waals surface area contributed by atoms with Crippen LogP contribution in [0.25, 0.3) is 0 Å². The highest BCUT2D eigenvalue weighted by Crippen LogP contribution is 2.36. The summed E-state index contributed by atoms with van der Waals surface area (Å²) in [4.78, 5) is 25.2. The smallest absolute Gasteiger partial charge is 0.427 e. The van der Waals surface area contributed by atoms with E-state index in [1.165, 1.54) is 4.90 Å². The first-order chi connectivity index (χ1) is 15.0. The van der Waals surface area contributed by atoms with E-state index in [0.29, 0.717) is 19.0 Å². The molecule has 11 heteroatoms. The van der Waals surface area contributed by atoms with Gasteiger partial charge >= 0.3 is 12.5 Å². The number of amides is 1. The predicted molar refractivity (Wildman–Crippen MR) is 105 cm³/mol. The highest BCUT2D eigenvalue weighted by Gasteiger charge is 2.46. The van der Waals surface area contributed by atoms with Gasteiger partial charge < -0.3 is 14.5 Å². The first kappa shape index (κ1) is 22.2.